The van der Waals surface area contributed by atoms with E-state index in [1.165, 1.54) is 11.1 Å². The number of nitrogens with zero attached hydrogens (tertiary/aromatic N) is 2. The minimum Gasteiger partial charge on any atom is -0.352 e. The number of carbonyl (C=O) groups is 2. The summed E-state index contributed by atoms with van der Waals surface area (Å²) < 4.78 is 0.932. The molecule has 0 aromatic heterocycles. The van der Waals surface area contributed by atoms with Crippen molar-refractivity contribution in [3.8, 4) is 0 Å². The molecule has 1 aliphatic heterocycles. The van der Waals surface area contributed by atoms with Crippen LogP contribution in [0.3, 0.4) is 0 Å². The van der Waals surface area contributed by atoms with Gasteiger partial charge in [0.05, 0.1) is 0 Å². The van der Waals surface area contributed by atoms with E-state index in [0.29, 0.717) is 18.5 Å². The molecule has 0 bridgehead atoms. The van der Waals surface area contributed by atoms with E-state index < -0.39 is 0 Å². The van der Waals surface area contributed by atoms with Gasteiger partial charge in [-0.25, -0.2) is 0 Å². The molecule has 154 valence electrons. The molecule has 2 aromatic carbocycles. The van der Waals surface area contributed by atoms with E-state index in [4.69, 9.17) is 0 Å². The van der Waals surface area contributed by atoms with Crippen LogP contribution in [-0.4, -0.2) is 54.3 Å². The van der Waals surface area contributed by atoms with E-state index in [0.717, 1.165) is 43.6 Å². The van der Waals surface area contributed by atoms with Crippen molar-refractivity contribution >= 4 is 27.7 Å². The molecule has 0 aliphatic carbocycles. The molecular formula is C23H28BrN3O2. The van der Waals surface area contributed by atoms with Crippen molar-refractivity contribution in [2.75, 3.05) is 32.7 Å². The topological polar surface area (TPSA) is 52.6 Å². The predicted octanol–water partition coefficient (Wildman–Crippen LogP) is 3.61. The number of aryl methyl sites for hydroxylation is 1. The molecule has 3 rings (SSSR count). The lowest BCUT2D eigenvalue weighted by atomic mass is 10.1. The molecule has 1 heterocycles. The minimum absolute atomic E-state index is 0.110. The first-order chi connectivity index (χ1) is 14.0. The Labute approximate surface area is 181 Å². The van der Waals surface area contributed by atoms with E-state index in [-0.39, 0.29) is 11.8 Å². The molecule has 2 aromatic rings. The predicted molar refractivity (Wildman–Crippen MR) is 119 cm³/mol. The molecule has 0 unspecified atom stereocenters. The molecule has 29 heavy (non-hydrogen) atoms. The number of nitrogens with one attached hydrogen (secondary N) is 1. The minimum atomic E-state index is -0.148. The number of carbonyl (C=O) groups excluding carboxylic acids is 2. The van der Waals surface area contributed by atoms with E-state index in [9.17, 15) is 9.59 Å². The molecule has 2 amide bonds. The van der Waals surface area contributed by atoms with Gasteiger partial charge < -0.3 is 10.2 Å². The number of halogens is 1. The second kappa shape index (κ2) is 10.6. The molecule has 1 aliphatic rings. The number of hydrogen-bond acceptors (Lipinski definition) is 3. The molecular weight excluding hydrogens is 430 g/mol. The van der Waals surface area contributed by atoms with Gasteiger partial charge in [0, 0.05) is 55.7 Å². The largest absolute Gasteiger partial charge is 0.352 e. The highest BCUT2D eigenvalue weighted by molar-refractivity contribution is 9.10. The Hall–Kier alpha value is -2.18. The van der Waals surface area contributed by atoms with Gasteiger partial charge in [-0.15, -0.1) is 0 Å². The third-order valence-electron chi connectivity index (χ3n) is 5.33. The first kappa shape index (κ1) is 21.5. The van der Waals surface area contributed by atoms with Crippen molar-refractivity contribution in [1.82, 2.24) is 15.1 Å². The van der Waals surface area contributed by atoms with Gasteiger partial charge in [0.25, 0.3) is 5.91 Å². The third-order valence-corrected chi connectivity index (χ3v) is 5.86. The van der Waals surface area contributed by atoms with E-state index in [1.54, 1.807) is 12.1 Å². The normalized spacial score (nSPS) is 15.0. The quantitative estimate of drug-likeness (QED) is 0.720. The highest BCUT2D eigenvalue weighted by Gasteiger charge is 2.19. The van der Waals surface area contributed by atoms with Crippen LogP contribution in [0.15, 0.2) is 53.0 Å². The maximum absolute atomic E-state index is 12.6. The van der Waals surface area contributed by atoms with Crippen molar-refractivity contribution in [3.05, 3.63) is 69.7 Å². The molecule has 1 N–H and O–H groups in total. The number of rotatable bonds is 6. The third kappa shape index (κ3) is 6.41. The van der Waals surface area contributed by atoms with Crippen molar-refractivity contribution in [2.24, 2.45) is 0 Å². The van der Waals surface area contributed by atoms with Crippen LogP contribution in [0.4, 0.5) is 0 Å². The van der Waals surface area contributed by atoms with E-state index in [1.807, 2.05) is 17.0 Å². The number of amides is 2. The summed E-state index contributed by atoms with van der Waals surface area (Å²) in [6, 6.07) is 15.7. The van der Waals surface area contributed by atoms with Crippen LogP contribution in [0.25, 0.3) is 0 Å². The Morgan fingerprint density at radius 1 is 1.00 bits per heavy atom. The van der Waals surface area contributed by atoms with Crippen LogP contribution < -0.4 is 5.32 Å². The summed E-state index contributed by atoms with van der Waals surface area (Å²) in [5, 5.41) is 2.84. The van der Waals surface area contributed by atoms with Gasteiger partial charge in [-0.05, 0) is 48.7 Å². The Kier molecular flexibility index (Phi) is 7.83. The lowest BCUT2D eigenvalue weighted by Crippen LogP contribution is -2.37. The first-order valence-corrected chi connectivity index (χ1v) is 10.9. The van der Waals surface area contributed by atoms with Crippen LogP contribution in [0, 0.1) is 6.92 Å². The fourth-order valence-corrected chi connectivity index (χ4v) is 3.82. The zero-order chi connectivity index (χ0) is 20.6. The summed E-state index contributed by atoms with van der Waals surface area (Å²) in [4.78, 5) is 29.1. The Morgan fingerprint density at radius 2 is 1.76 bits per heavy atom. The van der Waals surface area contributed by atoms with Gasteiger partial charge in [-0.1, -0.05) is 40.2 Å². The van der Waals surface area contributed by atoms with Crippen LogP contribution in [0.5, 0.6) is 0 Å². The Bertz CT molecular complexity index is 838. The highest BCUT2D eigenvalue weighted by Crippen LogP contribution is 2.13. The fourth-order valence-electron chi connectivity index (χ4n) is 3.55. The molecule has 0 atom stereocenters. The Morgan fingerprint density at radius 3 is 2.52 bits per heavy atom. The molecule has 6 heteroatoms. The van der Waals surface area contributed by atoms with Crippen molar-refractivity contribution < 1.29 is 9.59 Å². The lowest BCUT2D eigenvalue weighted by Gasteiger charge is -2.22. The molecule has 5 nitrogen and oxygen atoms in total. The second-order valence-electron chi connectivity index (χ2n) is 7.45. The molecule has 0 spiro atoms. The summed E-state index contributed by atoms with van der Waals surface area (Å²) in [5.74, 6) is -0.0376. The van der Waals surface area contributed by atoms with Crippen LogP contribution in [0.1, 0.15) is 34.3 Å². The second-order valence-corrected chi connectivity index (χ2v) is 8.37. The average molecular weight is 458 g/mol. The molecule has 0 radical (unpaired) electrons. The van der Waals surface area contributed by atoms with E-state index in [2.05, 4.69) is 57.3 Å². The summed E-state index contributed by atoms with van der Waals surface area (Å²) >= 11 is 3.36. The van der Waals surface area contributed by atoms with E-state index >= 15 is 0 Å². The van der Waals surface area contributed by atoms with Crippen molar-refractivity contribution in [1.29, 1.82) is 0 Å². The van der Waals surface area contributed by atoms with Gasteiger partial charge >= 0.3 is 0 Å². The molecule has 1 fully saturated rings. The molecule has 1 saturated heterocycles. The standard InChI is InChI=1S/C23H28BrN3O2/c1-18-5-2-3-6-20(18)17-26-13-4-14-27(16-15-26)22(28)11-12-25-23(29)19-7-9-21(24)10-8-19/h2-3,5-10H,4,11-17H2,1H3,(H,25,29). The van der Waals surface area contributed by atoms with Gasteiger partial charge in [-0.3, -0.25) is 14.5 Å². The summed E-state index contributed by atoms with van der Waals surface area (Å²) in [6.45, 7) is 6.83. The maximum Gasteiger partial charge on any atom is 0.251 e. The zero-order valence-electron chi connectivity index (χ0n) is 16.9. The highest BCUT2D eigenvalue weighted by atomic mass is 79.9. The van der Waals surface area contributed by atoms with Crippen molar-refractivity contribution in [3.63, 3.8) is 0 Å². The first-order valence-electron chi connectivity index (χ1n) is 10.1. The van der Waals surface area contributed by atoms with Crippen LogP contribution in [-0.2, 0) is 11.3 Å². The average Bonchev–Trinajstić information content (AvgIpc) is 2.96. The van der Waals surface area contributed by atoms with Gasteiger partial charge in [0.1, 0.15) is 0 Å². The number of hydrogen-bond donors (Lipinski definition) is 1. The van der Waals surface area contributed by atoms with Gasteiger partial charge in [0.2, 0.25) is 5.91 Å². The lowest BCUT2D eigenvalue weighted by molar-refractivity contribution is -0.130. The number of benzene rings is 2. The van der Waals surface area contributed by atoms with Crippen LogP contribution >= 0.6 is 15.9 Å². The Balaban J connectivity index is 1.42. The fraction of sp³-hybridized carbons (Fsp3) is 0.391. The zero-order valence-corrected chi connectivity index (χ0v) is 18.5. The summed E-state index contributed by atoms with van der Waals surface area (Å²) in [6.07, 6.45) is 1.31. The van der Waals surface area contributed by atoms with Gasteiger partial charge in [-0.2, -0.15) is 0 Å². The monoisotopic (exact) mass is 457 g/mol. The van der Waals surface area contributed by atoms with Crippen molar-refractivity contribution in [2.45, 2.75) is 26.3 Å². The van der Waals surface area contributed by atoms with Gasteiger partial charge in [0.15, 0.2) is 0 Å². The SMILES string of the molecule is Cc1ccccc1CN1CCCN(C(=O)CCNC(=O)c2ccc(Br)cc2)CC1. The van der Waals surface area contributed by atoms with Crippen LogP contribution in [0.2, 0.25) is 0 Å². The smallest absolute Gasteiger partial charge is 0.251 e. The molecule has 0 saturated carbocycles. The summed E-state index contributed by atoms with van der Waals surface area (Å²) in [7, 11) is 0. The maximum atomic E-state index is 12.6. The summed E-state index contributed by atoms with van der Waals surface area (Å²) in [5.41, 5.74) is 3.26.